The number of likely N-dealkylation sites (N-methyl/N-ethyl adjacent to an activating group) is 1. The van der Waals surface area contributed by atoms with Gasteiger partial charge in [0.15, 0.2) is 11.5 Å². The highest BCUT2D eigenvalue weighted by molar-refractivity contribution is 7.89. The van der Waals surface area contributed by atoms with Crippen LogP contribution < -0.4 is 14.2 Å². The first kappa shape index (κ1) is 18.1. The molecule has 1 fully saturated rings. The molecule has 0 N–H and O–H groups in total. The van der Waals surface area contributed by atoms with Crippen LogP contribution in [0.25, 0.3) is 0 Å². The van der Waals surface area contributed by atoms with E-state index in [0.717, 1.165) is 11.3 Å². The van der Waals surface area contributed by atoms with Gasteiger partial charge in [-0.05, 0) is 25.2 Å². The third-order valence-corrected chi connectivity index (χ3v) is 6.95. The Bertz CT molecular complexity index is 947. The zero-order chi connectivity index (χ0) is 19.0. The molecule has 8 heteroatoms. The summed E-state index contributed by atoms with van der Waals surface area (Å²) >= 11 is 0. The van der Waals surface area contributed by atoms with Crippen LogP contribution in [0.5, 0.6) is 17.2 Å². The maximum absolute atomic E-state index is 13.2. The maximum atomic E-state index is 13.2. The average Bonchev–Trinajstić information content (AvgIpc) is 3.16. The fourth-order valence-corrected chi connectivity index (χ4v) is 4.98. The van der Waals surface area contributed by atoms with Gasteiger partial charge in [-0.1, -0.05) is 18.2 Å². The predicted molar refractivity (Wildman–Crippen MR) is 99.7 cm³/mol. The van der Waals surface area contributed by atoms with Gasteiger partial charge in [-0.3, -0.25) is 4.90 Å². The van der Waals surface area contributed by atoms with Gasteiger partial charge in [0.25, 0.3) is 0 Å². The van der Waals surface area contributed by atoms with Gasteiger partial charge in [0.1, 0.15) is 5.75 Å². The number of hydrogen-bond acceptors (Lipinski definition) is 6. The lowest BCUT2D eigenvalue weighted by atomic mass is 10.0. The Morgan fingerprint density at radius 2 is 1.85 bits per heavy atom. The number of ether oxygens (including phenoxy) is 3. The number of fused-ring (bicyclic) bond motifs is 1. The second-order valence-electron chi connectivity index (χ2n) is 6.62. The lowest BCUT2D eigenvalue weighted by Crippen LogP contribution is -2.48. The molecule has 2 heterocycles. The molecule has 2 aromatic carbocycles. The van der Waals surface area contributed by atoms with Crippen LogP contribution in [0, 0.1) is 0 Å². The summed E-state index contributed by atoms with van der Waals surface area (Å²) in [7, 11) is -0.00784. The van der Waals surface area contributed by atoms with E-state index in [0.29, 0.717) is 31.1 Å². The molecule has 0 radical (unpaired) electrons. The fraction of sp³-hybridized carbons (Fsp3) is 0.368. The van der Waals surface area contributed by atoms with Crippen LogP contribution in [-0.2, 0) is 10.0 Å². The van der Waals surface area contributed by atoms with Crippen molar-refractivity contribution in [1.82, 2.24) is 9.21 Å². The zero-order valence-corrected chi connectivity index (χ0v) is 16.1. The molecule has 144 valence electrons. The Hall–Kier alpha value is -2.29. The standard InChI is InChI=1S/C19H22N2O5S/c1-20-9-10-21(12-16(20)15-5-3-4-6-17(15)24-2)27(22,23)14-7-8-18-19(11-14)26-13-25-18/h3-8,11,16H,9-10,12-13H2,1-2H3. The van der Waals surface area contributed by atoms with Crippen molar-refractivity contribution in [2.45, 2.75) is 10.9 Å². The predicted octanol–water partition coefficient (Wildman–Crippen LogP) is 2.10. The third-order valence-electron chi connectivity index (χ3n) is 5.09. The van der Waals surface area contributed by atoms with Gasteiger partial charge in [0, 0.05) is 31.3 Å². The van der Waals surface area contributed by atoms with Crippen molar-refractivity contribution in [2.24, 2.45) is 0 Å². The van der Waals surface area contributed by atoms with Crippen molar-refractivity contribution < 1.29 is 22.6 Å². The molecular weight excluding hydrogens is 368 g/mol. The Morgan fingerprint density at radius 1 is 1.07 bits per heavy atom. The van der Waals surface area contributed by atoms with Gasteiger partial charge >= 0.3 is 0 Å². The number of piperazine rings is 1. The van der Waals surface area contributed by atoms with Crippen LogP contribution in [0.15, 0.2) is 47.4 Å². The number of para-hydroxylation sites is 1. The Morgan fingerprint density at radius 3 is 2.67 bits per heavy atom. The molecule has 1 saturated heterocycles. The van der Waals surface area contributed by atoms with Gasteiger partial charge in [-0.2, -0.15) is 4.31 Å². The molecular formula is C19H22N2O5S. The number of methoxy groups -OCH3 is 1. The molecule has 2 aliphatic heterocycles. The van der Waals surface area contributed by atoms with E-state index in [2.05, 4.69) is 4.90 Å². The minimum Gasteiger partial charge on any atom is -0.496 e. The number of benzene rings is 2. The monoisotopic (exact) mass is 390 g/mol. The van der Waals surface area contributed by atoms with Crippen molar-refractivity contribution in [1.29, 1.82) is 0 Å². The van der Waals surface area contributed by atoms with E-state index in [1.54, 1.807) is 19.2 Å². The molecule has 2 aliphatic rings. The van der Waals surface area contributed by atoms with E-state index in [1.165, 1.54) is 10.4 Å². The van der Waals surface area contributed by atoms with Crippen LogP contribution in [0.4, 0.5) is 0 Å². The lowest BCUT2D eigenvalue weighted by Gasteiger charge is -2.39. The highest BCUT2D eigenvalue weighted by Gasteiger charge is 2.35. The molecule has 7 nitrogen and oxygen atoms in total. The zero-order valence-electron chi connectivity index (χ0n) is 15.3. The van der Waals surface area contributed by atoms with E-state index in [-0.39, 0.29) is 17.7 Å². The molecule has 0 saturated carbocycles. The summed E-state index contributed by atoms with van der Waals surface area (Å²) in [5, 5.41) is 0. The summed E-state index contributed by atoms with van der Waals surface area (Å²) in [5.74, 6) is 1.79. The SMILES string of the molecule is COc1ccccc1C1CN(S(=O)(=O)c2ccc3c(c2)OCO3)CCN1C. The molecule has 0 spiro atoms. The number of nitrogens with zero attached hydrogens (tertiary/aromatic N) is 2. The van der Waals surface area contributed by atoms with Gasteiger partial charge in [0.2, 0.25) is 16.8 Å². The summed E-state index contributed by atoms with van der Waals surface area (Å²) in [5.41, 5.74) is 0.980. The normalized spacial score (nSPS) is 20.6. The quantitative estimate of drug-likeness (QED) is 0.797. The van der Waals surface area contributed by atoms with Crippen LogP contribution in [0.2, 0.25) is 0 Å². The van der Waals surface area contributed by atoms with Gasteiger partial charge in [-0.25, -0.2) is 8.42 Å². The highest BCUT2D eigenvalue weighted by Crippen LogP contribution is 2.36. The summed E-state index contributed by atoms with van der Waals surface area (Å²) in [6, 6.07) is 12.4. The molecule has 1 atom stereocenters. The number of sulfonamides is 1. The summed E-state index contributed by atoms with van der Waals surface area (Å²) in [6.07, 6.45) is 0. The van der Waals surface area contributed by atoms with Crippen molar-refractivity contribution in [3.63, 3.8) is 0 Å². The smallest absolute Gasteiger partial charge is 0.243 e. The molecule has 4 rings (SSSR count). The molecule has 0 aromatic heterocycles. The molecule has 27 heavy (non-hydrogen) atoms. The number of hydrogen-bond donors (Lipinski definition) is 0. The van der Waals surface area contributed by atoms with E-state index < -0.39 is 10.0 Å². The Kier molecular flexibility index (Phi) is 4.71. The third kappa shape index (κ3) is 3.24. The summed E-state index contributed by atoms with van der Waals surface area (Å²) in [6.45, 7) is 1.53. The van der Waals surface area contributed by atoms with Gasteiger partial charge < -0.3 is 14.2 Å². The van der Waals surface area contributed by atoms with Crippen LogP contribution in [0.1, 0.15) is 11.6 Å². The second kappa shape index (κ2) is 7.03. The molecule has 0 aliphatic carbocycles. The second-order valence-corrected chi connectivity index (χ2v) is 8.55. The molecule has 0 amide bonds. The van der Waals surface area contributed by atoms with Crippen LogP contribution in [-0.4, -0.2) is 58.2 Å². The Labute approximate surface area is 159 Å². The maximum Gasteiger partial charge on any atom is 0.243 e. The summed E-state index contributed by atoms with van der Waals surface area (Å²) < 4.78 is 44.0. The van der Waals surface area contributed by atoms with Crippen molar-refractivity contribution in [2.75, 3.05) is 40.6 Å². The lowest BCUT2D eigenvalue weighted by molar-refractivity contribution is 0.146. The van der Waals surface area contributed by atoms with E-state index >= 15 is 0 Å². The first-order chi connectivity index (χ1) is 13.0. The number of rotatable bonds is 4. The topological polar surface area (TPSA) is 68.3 Å². The van der Waals surface area contributed by atoms with E-state index in [1.807, 2.05) is 31.3 Å². The minimum absolute atomic E-state index is 0.0846. The van der Waals surface area contributed by atoms with Crippen molar-refractivity contribution >= 4 is 10.0 Å². The Balaban J connectivity index is 1.64. The van der Waals surface area contributed by atoms with E-state index in [9.17, 15) is 8.42 Å². The molecule has 2 aromatic rings. The van der Waals surface area contributed by atoms with Crippen LogP contribution in [0.3, 0.4) is 0 Å². The minimum atomic E-state index is -3.64. The highest BCUT2D eigenvalue weighted by atomic mass is 32.2. The first-order valence-corrected chi connectivity index (χ1v) is 10.2. The molecule has 0 bridgehead atoms. The fourth-order valence-electron chi connectivity index (χ4n) is 3.53. The van der Waals surface area contributed by atoms with Gasteiger partial charge in [0.05, 0.1) is 18.0 Å². The van der Waals surface area contributed by atoms with E-state index in [4.69, 9.17) is 14.2 Å². The van der Waals surface area contributed by atoms with Crippen molar-refractivity contribution in [3.05, 3.63) is 48.0 Å². The summed E-state index contributed by atoms with van der Waals surface area (Å²) in [4.78, 5) is 2.37. The average molecular weight is 390 g/mol. The van der Waals surface area contributed by atoms with Crippen molar-refractivity contribution in [3.8, 4) is 17.2 Å². The van der Waals surface area contributed by atoms with Crippen LogP contribution >= 0.6 is 0 Å². The largest absolute Gasteiger partial charge is 0.496 e. The first-order valence-electron chi connectivity index (χ1n) is 8.73. The molecule has 1 unspecified atom stereocenters. The van der Waals surface area contributed by atoms with Gasteiger partial charge in [-0.15, -0.1) is 0 Å².